The van der Waals surface area contributed by atoms with E-state index in [2.05, 4.69) is 56.3 Å². The standard InChI is InChI=1S/C22H25N5O2/c1-16-6-3-4-8-19(16)26-10-12-27(13-11-26)21-18(7-5-9-23-21)14-24-22(28)20-17(2)25-15-29-20/h3-9,15H,10-14H2,1-2H3,(H,24,28). The number of aromatic nitrogens is 2. The van der Waals surface area contributed by atoms with E-state index in [1.165, 1.54) is 17.6 Å². The number of anilines is 2. The fourth-order valence-corrected chi connectivity index (χ4v) is 3.71. The van der Waals surface area contributed by atoms with E-state index in [1.54, 1.807) is 13.1 Å². The van der Waals surface area contributed by atoms with Crippen LogP contribution in [0.5, 0.6) is 0 Å². The van der Waals surface area contributed by atoms with Gasteiger partial charge >= 0.3 is 0 Å². The molecule has 1 aliphatic rings. The van der Waals surface area contributed by atoms with Gasteiger partial charge in [0.15, 0.2) is 6.39 Å². The number of amides is 1. The summed E-state index contributed by atoms with van der Waals surface area (Å²) < 4.78 is 5.17. The highest BCUT2D eigenvalue weighted by Crippen LogP contribution is 2.24. The molecule has 3 heterocycles. The summed E-state index contributed by atoms with van der Waals surface area (Å²) in [5.41, 5.74) is 4.16. The van der Waals surface area contributed by atoms with E-state index >= 15 is 0 Å². The summed E-state index contributed by atoms with van der Waals surface area (Å²) in [6.07, 6.45) is 3.09. The molecule has 1 aromatic carbocycles. The Kier molecular flexibility index (Phi) is 5.46. The minimum Gasteiger partial charge on any atom is -0.438 e. The van der Waals surface area contributed by atoms with E-state index in [4.69, 9.17) is 4.42 Å². The van der Waals surface area contributed by atoms with Gasteiger partial charge in [-0.2, -0.15) is 0 Å². The van der Waals surface area contributed by atoms with Gasteiger partial charge in [0.1, 0.15) is 5.82 Å². The van der Waals surface area contributed by atoms with Crippen LogP contribution in [0.4, 0.5) is 11.5 Å². The molecule has 1 amide bonds. The molecule has 2 aromatic heterocycles. The molecular formula is C22H25N5O2. The molecule has 150 valence electrons. The van der Waals surface area contributed by atoms with E-state index in [1.807, 2.05) is 12.1 Å². The van der Waals surface area contributed by atoms with Crippen LogP contribution in [0, 0.1) is 13.8 Å². The Morgan fingerprint density at radius 3 is 2.52 bits per heavy atom. The number of hydrogen-bond acceptors (Lipinski definition) is 6. The summed E-state index contributed by atoms with van der Waals surface area (Å²) in [4.78, 5) is 25.6. The first-order valence-electron chi connectivity index (χ1n) is 9.81. The first-order valence-corrected chi connectivity index (χ1v) is 9.81. The molecule has 1 N–H and O–H groups in total. The maximum atomic E-state index is 12.3. The van der Waals surface area contributed by atoms with Crippen molar-refractivity contribution in [2.24, 2.45) is 0 Å². The topological polar surface area (TPSA) is 74.5 Å². The minimum atomic E-state index is -0.265. The third-order valence-electron chi connectivity index (χ3n) is 5.29. The summed E-state index contributed by atoms with van der Waals surface area (Å²) in [5, 5.41) is 2.91. The van der Waals surface area contributed by atoms with Crippen molar-refractivity contribution < 1.29 is 9.21 Å². The van der Waals surface area contributed by atoms with E-state index < -0.39 is 0 Å². The second-order valence-corrected chi connectivity index (χ2v) is 7.20. The Bertz CT molecular complexity index is 992. The van der Waals surface area contributed by atoms with Gasteiger partial charge in [-0.1, -0.05) is 24.3 Å². The van der Waals surface area contributed by atoms with Gasteiger partial charge in [0.25, 0.3) is 5.91 Å². The molecule has 0 radical (unpaired) electrons. The number of oxazole rings is 1. The third-order valence-corrected chi connectivity index (χ3v) is 5.29. The van der Waals surface area contributed by atoms with Gasteiger partial charge < -0.3 is 19.5 Å². The van der Waals surface area contributed by atoms with E-state index in [0.717, 1.165) is 37.6 Å². The highest BCUT2D eigenvalue weighted by Gasteiger charge is 2.21. The largest absolute Gasteiger partial charge is 0.438 e. The Balaban J connectivity index is 1.42. The monoisotopic (exact) mass is 391 g/mol. The zero-order valence-electron chi connectivity index (χ0n) is 16.8. The number of nitrogens with zero attached hydrogens (tertiary/aromatic N) is 4. The molecular weight excluding hydrogens is 366 g/mol. The molecule has 7 nitrogen and oxygen atoms in total. The molecule has 1 saturated heterocycles. The number of benzene rings is 1. The van der Waals surface area contributed by atoms with Crippen LogP contribution in [-0.2, 0) is 6.54 Å². The molecule has 7 heteroatoms. The van der Waals surface area contributed by atoms with Gasteiger partial charge in [-0.3, -0.25) is 4.79 Å². The third kappa shape index (κ3) is 4.08. The predicted molar refractivity (Wildman–Crippen MR) is 112 cm³/mol. The van der Waals surface area contributed by atoms with Gasteiger partial charge in [0, 0.05) is 50.2 Å². The van der Waals surface area contributed by atoms with Crippen LogP contribution < -0.4 is 15.1 Å². The lowest BCUT2D eigenvalue weighted by molar-refractivity contribution is 0.0922. The van der Waals surface area contributed by atoms with Gasteiger partial charge in [-0.05, 0) is 31.5 Å². The lowest BCUT2D eigenvalue weighted by Crippen LogP contribution is -2.47. The fourth-order valence-electron chi connectivity index (χ4n) is 3.71. The molecule has 0 unspecified atom stereocenters. The average Bonchev–Trinajstić information content (AvgIpc) is 3.19. The van der Waals surface area contributed by atoms with Crippen LogP contribution in [0.1, 0.15) is 27.4 Å². The number of pyridine rings is 1. The highest BCUT2D eigenvalue weighted by molar-refractivity contribution is 5.92. The highest BCUT2D eigenvalue weighted by atomic mass is 16.3. The fraction of sp³-hybridized carbons (Fsp3) is 0.318. The molecule has 0 bridgehead atoms. The zero-order chi connectivity index (χ0) is 20.2. The van der Waals surface area contributed by atoms with Crippen molar-refractivity contribution in [1.82, 2.24) is 15.3 Å². The number of piperazine rings is 1. The lowest BCUT2D eigenvalue weighted by atomic mass is 10.1. The number of nitrogens with one attached hydrogen (secondary N) is 1. The van der Waals surface area contributed by atoms with Crippen molar-refractivity contribution in [1.29, 1.82) is 0 Å². The summed E-state index contributed by atoms with van der Waals surface area (Å²) in [6.45, 7) is 7.93. The number of aryl methyl sites for hydroxylation is 2. The molecule has 0 aliphatic carbocycles. The lowest BCUT2D eigenvalue weighted by Gasteiger charge is -2.38. The smallest absolute Gasteiger partial charge is 0.289 e. The van der Waals surface area contributed by atoms with Crippen molar-refractivity contribution in [2.45, 2.75) is 20.4 Å². The number of para-hydroxylation sites is 1. The van der Waals surface area contributed by atoms with E-state index in [9.17, 15) is 4.79 Å². The summed E-state index contributed by atoms with van der Waals surface area (Å²) in [5.74, 6) is 0.910. The van der Waals surface area contributed by atoms with E-state index in [0.29, 0.717) is 12.2 Å². The quantitative estimate of drug-likeness (QED) is 0.721. The van der Waals surface area contributed by atoms with E-state index in [-0.39, 0.29) is 11.7 Å². The molecule has 1 fully saturated rings. The zero-order valence-corrected chi connectivity index (χ0v) is 16.8. The molecule has 4 rings (SSSR count). The molecule has 0 spiro atoms. The molecule has 0 atom stereocenters. The number of carbonyl (C=O) groups is 1. The first-order chi connectivity index (χ1) is 14.1. The van der Waals surface area contributed by atoms with Crippen molar-refractivity contribution in [3.8, 4) is 0 Å². The summed E-state index contributed by atoms with van der Waals surface area (Å²) in [6, 6.07) is 12.4. The molecule has 3 aromatic rings. The van der Waals surface area contributed by atoms with Gasteiger partial charge in [0.05, 0.1) is 5.69 Å². The van der Waals surface area contributed by atoms with Crippen molar-refractivity contribution >= 4 is 17.4 Å². The number of rotatable bonds is 5. The van der Waals surface area contributed by atoms with Crippen LogP contribution in [0.15, 0.2) is 53.4 Å². The van der Waals surface area contributed by atoms with Crippen LogP contribution >= 0.6 is 0 Å². The van der Waals surface area contributed by atoms with Crippen LogP contribution in [0.3, 0.4) is 0 Å². The normalized spacial score (nSPS) is 14.1. The van der Waals surface area contributed by atoms with Crippen molar-refractivity contribution in [3.63, 3.8) is 0 Å². The van der Waals surface area contributed by atoms with Gasteiger partial charge in [0.2, 0.25) is 5.76 Å². The van der Waals surface area contributed by atoms with Crippen molar-refractivity contribution in [3.05, 3.63) is 71.6 Å². The summed E-state index contributed by atoms with van der Waals surface area (Å²) in [7, 11) is 0. The minimum absolute atomic E-state index is 0.252. The second kappa shape index (κ2) is 8.34. The SMILES string of the molecule is Cc1ccccc1N1CCN(c2ncccc2CNC(=O)c2ocnc2C)CC1. The Morgan fingerprint density at radius 1 is 1.03 bits per heavy atom. The first kappa shape index (κ1) is 19.0. The molecule has 29 heavy (non-hydrogen) atoms. The Hall–Kier alpha value is -3.35. The van der Waals surface area contributed by atoms with Gasteiger partial charge in [-0.15, -0.1) is 0 Å². The Morgan fingerprint density at radius 2 is 1.79 bits per heavy atom. The molecule has 0 saturated carbocycles. The maximum Gasteiger partial charge on any atom is 0.289 e. The van der Waals surface area contributed by atoms with Crippen LogP contribution in [0.25, 0.3) is 0 Å². The predicted octanol–water partition coefficient (Wildman–Crippen LogP) is 2.94. The maximum absolute atomic E-state index is 12.3. The Labute approximate surface area is 170 Å². The molecule has 1 aliphatic heterocycles. The second-order valence-electron chi connectivity index (χ2n) is 7.20. The number of carbonyl (C=O) groups excluding carboxylic acids is 1. The summed E-state index contributed by atoms with van der Waals surface area (Å²) >= 11 is 0. The van der Waals surface area contributed by atoms with Crippen LogP contribution in [-0.4, -0.2) is 42.1 Å². The van der Waals surface area contributed by atoms with Crippen molar-refractivity contribution in [2.75, 3.05) is 36.0 Å². The number of hydrogen-bond donors (Lipinski definition) is 1. The average molecular weight is 391 g/mol. The van der Waals surface area contributed by atoms with Gasteiger partial charge in [-0.25, -0.2) is 9.97 Å². The van der Waals surface area contributed by atoms with Crippen LogP contribution in [0.2, 0.25) is 0 Å².